The Hall–Kier alpha value is -3.57. The summed E-state index contributed by atoms with van der Waals surface area (Å²) in [6.45, 7) is 5.68. The van der Waals surface area contributed by atoms with Crippen molar-refractivity contribution in [3.05, 3.63) is 90.1 Å². The molecule has 2 aliphatic rings. The zero-order valence-electron chi connectivity index (χ0n) is 22.5. The number of para-hydroxylation sites is 1. The smallest absolute Gasteiger partial charge is 0.318 e. The first-order valence-corrected chi connectivity index (χ1v) is 13.5. The molecule has 196 valence electrons. The average Bonchev–Trinajstić information content (AvgIpc) is 3.37. The number of methoxy groups -OCH3 is 1. The topological polar surface area (TPSA) is 60.7 Å². The van der Waals surface area contributed by atoms with Crippen molar-refractivity contribution in [2.45, 2.75) is 63.7 Å². The molecule has 1 aliphatic carbocycles. The number of aromatic nitrogens is 1. The van der Waals surface area contributed by atoms with Crippen LogP contribution < -0.4 is 4.74 Å². The summed E-state index contributed by atoms with van der Waals surface area (Å²) in [7, 11) is 1.65. The number of aliphatic hydroxyl groups is 1. The lowest BCUT2D eigenvalue weighted by Crippen LogP contribution is -2.56. The van der Waals surface area contributed by atoms with E-state index in [1.165, 1.54) is 0 Å². The van der Waals surface area contributed by atoms with Gasteiger partial charge in [0.2, 0.25) is 0 Å². The van der Waals surface area contributed by atoms with Crippen LogP contribution in [0, 0.1) is 5.41 Å². The predicted molar refractivity (Wildman–Crippen MR) is 149 cm³/mol. The van der Waals surface area contributed by atoms with Gasteiger partial charge in [-0.2, -0.15) is 0 Å². The molecule has 6 rings (SSSR count). The van der Waals surface area contributed by atoms with Gasteiger partial charge in [0.05, 0.1) is 12.6 Å². The average molecular weight is 510 g/mol. The van der Waals surface area contributed by atoms with Crippen LogP contribution in [0.25, 0.3) is 22.0 Å². The molecule has 1 aromatic heterocycles. The van der Waals surface area contributed by atoms with Crippen LogP contribution in [0.15, 0.2) is 78.9 Å². The second kappa shape index (κ2) is 8.74. The van der Waals surface area contributed by atoms with Crippen LogP contribution in [0.2, 0.25) is 0 Å². The molecule has 1 N–H and O–H groups in total. The maximum absolute atomic E-state index is 14.5. The first-order valence-electron chi connectivity index (χ1n) is 13.5. The molecule has 1 saturated carbocycles. The Morgan fingerprint density at radius 1 is 0.921 bits per heavy atom. The quantitative estimate of drug-likeness (QED) is 0.301. The van der Waals surface area contributed by atoms with Gasteiger partial charge >= 0.3 is 5.97 Å². The normalized spacial score (nSPS) is 24.6. The number of fused-ring (bicyclic) bond motifs is 5. The number of hydrogen-bond acceptors (Lipinski definition) is 4. The van der Waals surface area contributed by atoms with Gasteiger partial charge < -0.3 is 19.1 Å². The number of esters is 1. The van der Waals surface area contributed by atoms with Crippen molar-refractivity contribution >= 4 is 16.9 Å². The molecule has 38 heavy (non-hydrogen) atoms. The van der Waals surface area contributed by atoms with E-state index in [0.29, 0.717) is 12.8 Å². The van der Waals surface area contributed by atoms with E-state index in [9.17, 15) is 9.90 Å². The van der Waals surface area contributed by atoms with Gasteiger partial charge in [0.15, 0.2) is 5.72 Å². The second-order valence-electron chi connectivity index (χ2n) is 11.7. The summed E-state index contributed by atoms with van der Waals surface area (Å²) in [6.07, 6.45) is 2.71. The van der Waals surface area contributed by atoms with Crippen molar-refractivity contribution in [3.63, 3.8) is 0 Å². The van der Waals surface area contributed by atoms with E-state index in [0.717, 1.165) is 51.9 Å². The molecule has 0 bridgehead atoms. The number of hydrogen-bond donors (Lipinski definition) is 1. The molecule has 5 heteroatoms. The third-order valence-electron chi connectivity index (χ3n) is 8.38. The van der Waals surface area contributed by atoms with Crippen LogP contribution in [0.3, 0.4) is 0 Å². The first kappa shape index (κ1) is 24.7. The largest absolute Gasteiger partial charge is 0.497 e. The van der Waals surface area contributed by atoms with E-state index in [-0.39, 0.29) is 5.97 Å². The van der Waals surface area contributed by atoms with Gasteiger partial charge in [-0.05, 0) is 69.4 Å². The second-order valence-corrected chi connectivity index (χ2v) is 11.7. The van der Waals surface area contributed by atoms with Crippen molar-refractivity contribution < 1.29 is 19.4 Å². The van der Waals surface area contributed by atoms with Gasteiger partial charge in [-0.15, -0.1) is 0 Å². The fourth-order valence-corrected chi connectivity index (χ4v) is 6.95. The first-order chi connectivity index (χ1) is 18.2. The van der Waals surface area contributed by atoms with E-state index in [4.69, 9.17) is 9.47 Å². The molecule has 5 nitrogen and oxygen atoms in total. The summed E-state index contributed by atoms with van der Waals surface area (Å²) in [6, 6.07) is 26.5. The molecule has 3 aromatic carbocycles. The van der Waals surface area contributed by atoms with Crippen LogP contribution in [0.1, 0.15) is 63.6 Å². The fourth-order valence-electron chi connectivity index (χ4n) is 6.95. The molecular formula is C33H35NO4. The fraction of sp³-hybridized carbons (Fsp3) is 0.364. The SMILES string of the molecule is COc1ccc([C@H]2c3c(-c4ccccc4)c4ccccc4n3[C@@]3(O)CCCC[C@@]23C(=O)OC(C)(C)C)cc1. The number of nitrogens with zero attached hydrogens (tertiary/aromatic N) is 1. The maximum atomic E-state index is 14.5. The molecule has 0 saturated heterocycles. The zero-order chi connectivity index (χ0) is 26.7. The highest BCUT2D eigenvalue weighted by Gasteiger charge is 2.70. The van der Waals surface area contributed by atoms with E-state index >= 15 is 0 Å². The van der Waals surface area contributed by atoms with E-state index in [1.807, 2.05) is 75.4 Å². The van der Waals surface area contributed by atoms with Crippen LogP contribution in [0.4, 0.5) is 0 Å². The summed E-state index contributed by atoms with van der Waals surface area (Å²) in [5.41, 5.74) is 1.72. The van der Waals surface area contributed by atoms with E-state index < -0.39 is 22.7 Å². The van der Waals surface area contributed by atoms with Gasteiger partial charge in [-0.1, -0.05) is 67.1 Å². The highest BCUT2D eigenvalue weighted by molar-refractivity contribution is 6.01. The molecule has 0 radical (unpaired) electrons. The number of carbonyl (C=O) groups excluding carboxylic acids is 1. The van der Waals surface area contributed by atoms with Crippen LogP contribution in [0.5, 0.6) is 5.75 Å². The number of carbonyl (C=O) groups is 1. The van der Waals surface area contributed by atoms with Crippen molar-refractivity contribution in [3.8, 4) is 16.9 Å². The minimum absolute atomic E-state index is 0.334. The van der Waals surface area contributed by atoms with Gasteiger partial charge in [0.25, 0.3) is 0 Å². The predicted octanol–water partition coefficient (Wildman–Crippen LogP) is 7.01. The van der Waals surface area contributed by atoms with E-state index in [2.05, 4.69) is 28.8 Å². The number of ether oxygens (including phenoxy) is 2. The zero-order valence-corrected chi connectivity index (χ0v) is 22.5. The Morgan fingerprint density at radius 3 is 2.26 bits per heavy atom. The van der Waals surface area contributed by atoms with E-state index in [1.54, 1.807) is 7.11 Å². The maximum Gasteiger partial charge on any atom is 0.318 e. The van der Waals surface area contributed by atoms with Gasteiger partial charge in [0.1, 0.15) is 16.8 Å². The van der Waals surface area contributed by atoms with Crippen molar-refractivity contribution in [2.75, 3.05) is 7.11 Å². The third-order valence-corrected chi connectivity index (χ3v) is 8.38. The standard InChI is InChI=1S/C33H35NO4/c1-31(2,3)38-30(35)32-20-10-11-21-33(32,36)34-26-15-9-8-14-25(26)27(22-12-6-5-7-13-22)29(34)28(32)23-16-18-24(37-4)19-17-23/h5-9,12-19,28,36H,10-11,20-21H2,1-4H3/t28-,32-,33+/m0/s1. The molecule has 0 spiro atoms. The molecule has 1 fully saturated rings. The van der Waals surface area contributed by atoms with Crippen LogP contribution in [-0.2, 0) is 15.3 Å². The monoisotopic (exact) mass is 509 g/mol. The summed E-state index contributed by atoms with van der Waals surface area (Å²) in [5.74, 6) is 0.0109. The number of benzene rings is 3. The molecule has 3 atom stereocenters. The Labute approximate surface area is 224 Å². The molecule has 4 aromatic rings. The lowest BCUT2D eigenvalue weighted by Gasteiger charge is -2.48. The number of rotatable bonds is 4. The summed E-state index contributed by atoms with van der Waals surface area (Å²) in [5, 5.41) is 14.0. The molecule has 2 heterocycles. The lowest BCUT2D eigenvalue weighted by molar-refractivity contribution is -0.208. The Kier molecular flexibility index (Phi) is 5.69. The van der Waals surface area contributed by atoms with Gasteiger partial charge in [-0.25, -0.2) is 0 Å². The van der Waals surface area contributed by atoms with Gasteiger partial charge in [0, 0.05) is 22.6 Å². The van der Waals surface area contributed by atoms with Gasteiger partial charge in [-0.3, -0.25) is 4.79 Å². The van der Waals surface area contributed by atoms with Crippen LogP contribution >= 0.6 is 0 Å². The molecular weight excluding hydrogens is 474 g/mol. The minimum Gasteiger partial charge on any atom is -0.497 e. The van der Waals surface area contributed by atoms with Crippen LogP contribution in [-0.4, -0.2) is 28.4 Å². The van der Waals surface area contributed by atoms with Crippen molar-refractivity contribution in [1.29, 1.82) is 0 Å². The summed E-state index contributed by atoms with van der Waals surface area (Å²) >= 11 is 0. The van der Waals surface area contributed by atoms with Crippen molar-refractivity contribution in [2.24, 2.45) is 5.41 Å². The molecule has 0 amide bonds. The summed E-state index contributed by atoms with van der Waals surface area (Å²) in [4.78, 5) is 14.5. The molecule has 0 unspecified atom stereocenters. The van der Waals surface area contributed by atoms with Crippen molar-refractivity contribution in [1.82, 2.24) is 4.57 Å². The highest BCUT2D eigenvalue weighted by Crippen LogP contribution is 2.66. The Balaban J connectivity index is 1.74. The molecule has 1 aliphatic heterocycles. The lowest BCUT2D eigenvalue weighted by atomic mass is 9.60. The summed E-state index contributed by atoms with van der Waals surface area (Å²) < 4.78 is 13.7. The highest BCUT2D eigenvalue weighted by atomic mass is 16.6. The third kappa shape index (κ3) is 3.45. The minimum atomic E-state index is -1.43. The Morgan fingerprint density at radius 2 is 1.58 bits per heavy atom. The Bertz CT molecular complexity index is 1500.